The van der Waals surface area contributed by atoms with Crippen molar-refractivity contribution in [3.8, 4) is 11.1 Å². The molecule has 39 heavy (non-hydrogen) atoms. The number of hydrogen-bond acceptors (Lipinski definition) is 7. The molecule has 0 unspecified atom stereocenters. The molecule has 0 aromatic carbocycles. The first-order valence-corrected chi connectivity index (χ1v) is 14.1. The maximum atomic E-state index is 4.75. The molecule has 6 heterocycles. The van der Waals surface area contributed by atoms with Crippen LogP contribution in [0.15, 0.2) is 55.2 Å². The number of aromatic amines is 1. The summed E-state index contributed by atoms with van der Waals surface area (Å²) < 4.78 is 1.99. The Morgan fingerprint density at radius 2 is 1.79 bits per heavy atom. The van der Waals surface area contributed by atoms with Gasteiger partial charge >= 0.3 is 0 Å². The van der Waals surface area contributed by atoms with Crippen LogP contribution in [0.1, 0.15) is 51.0 Å². The summed E-state index contributed by atoms with van der Waals surface area (Å²) in [5.74, 6) is 2.09. The van der Waals surface area contributed by atoms with Gasteiger partial charge in [0.25, 0.3) is 0 Å². The lowest BCUT2D eigenvalue weighted by Gasteiger charge is -2.33. The molecule has 5 aromatic heterocycles. The molecule has 6 rings (SSSR count). The van der Waals surface area contributed by atoms with E-state index >= 15 is 0 Å². The average Bonchev–Trinajstić information content (AvgIpc) is 3.57. The van der Waals surface area contributed by atoms with E-state index in [1.807, 2.05) is 29.2 Å². The van der Waals surface area contributed by atoms with Crippen LogP contribution in [0.4, 0.5) is 17.5 Å². The Bertz CT molecular complexity index is 1540. The van der Waals surface area contributed by atoms with Gasteiger partial charge in [-0.3, -0.25) is 0 Å². The molecular weight excluding hydrogens is 486 g/mol. The van der Waals surface area contributed by atoms with Crippen LogP contribution >= 0.6 is 0 Å². The van der Waals surface area contributed by atoms with Gasteiger partial charge in [-0.15, -0.1) is 0 Å². The van der Waals surface area contributed by atoms with Gasteiger partial charge in [0, 0.05) is 61.3 Å². The Hall–Kier alpha value is -3.98. The lowest BCUT2D eigenvalue weighted by molar-refractivity contribution is 0.312. The van der Waals surface area contributed by atoms with Crippen molar-refractivity contribution in [3.05, 3.63) is 60.8 Å². The maximum Gasteiger partial charge on any atom is 0.229 e. The number of rotatable bonds is 9. The van der Waals surface area contributed by atoms with Gasteiger partial charge in [0.1, 0.15) is 11.5 Å². The molecule has 202 valence electrons. The minimum absolute atomic E-state index is 0.540. The van der Waals surface area contributed by atoms with Gasteiger partial charge in [0.15, 0.2) is 0 Å². The number of hydrogen-bond donors (Lipinski definition) is 2. The van der Waals surface area contributed by atoms with Crippen molar-refractivity contribution < 1.29 is 0 Å². The van der Waals surface area contributed by atoms with Crippen LogP contribution in [0.2, 0.25) is 0 Å². The van der Waals surface area contributed by atoms with Crippen molar-refractivity contribution in [2.24, 2.45) is 0 Å². The molecule has 1 aliphatic rings. The van der Waals surface area contributed by atoms with E-state index in [2.05, 4.69) is 86.7 Å². The third-order valence-corrected chi connectivity index (χ3v) is 7.84. The third kappa shape index (κ3) is 5.18. The highest BCUT2D eigenvalue weighted by Crippen LogP contribution is 2.33. The van der Waals surface area contributed by atoms with Crippen molar-refractivity contribution in [2.75, 3.05) is 43.4 Å². The zero-order chi connectivity index (χ0) is 26.8. The molecule has 9 heteroatoms. The molecule has 5 aromatic rings. The fourth-order valence-corrected chi connectivity index (χ4v) is 5.65. The van der Waals surface area contributed by atoms with Crippen LogP contribution in [0.3, 0.4) is 0 Å². The van der Waals surface area contributed by atoms with E-state index in [9.17, 15) is 0 Å². The highest BCUT2D eigenvalue weighted by molar-refractivity contribution is 5.94. The molecule has 0 saturated carbocycles. The predicted octanol–water partition coefficient (Wildman–Crippen LogP) is 5.85. The van der Waals surface area contributed by atoms with E-state index in [0.29, 0.717) is 11.9 Å². The van der Waals surface area contributed by atoms with Crippen molar-refractivity contribution in [1.82, 2.24) is 34.4 Å². The number of fused-ring (bicyclic) bond motifs is 2. The van der Waals surface area contributed by atoms with Gasteiger partial charge in [-0.25, -0.2) is 14.5 Å². The largest absolute Gasteiger partial charge is 0.354 e. The molecule has 0 bridgehead atoms. The lowest BCUT2D eigenvalue weighted by Crippen LogP contribution is -2.44. The molecule has 0 radical (unpaired) electrons. The molecular formula is C30H37N9. The normalized spacial score (nSPS) is 14.6. The SMILES string of the molecule is CCCC(CCC)c1cnn2ccc(-c3c[nH]c4nc(Nc5ccc(N6CCN(C)CC6)nc5)ncc34)cc12. The summed E-state index contributed by atoms with van der Waals surface area (Å²) in [6.07, 6.45) is 14.6. The summed E-state index contributed by atoms with van der Waals surface area (Å²) in [6, 6.07) is 8.46. The third-order valence-electron chi connectivity index (χ3n) is 7.84. The van der Waals surface area contributed by atoms with E-state index in [-0.39, 0.29) is 0 Å². The van der Waals surface area contributed by atoms with Gasteiger partial charge in [-0.2, -0.15) is 10.1 Å². The Labute approximate surface area is 229 Å². The minimum Gasteiger partial charge on any atom is -0.354 e. The van der Waals surface area contributed by atoms with Crippen molar-refractivity contribution in [1.29, 1.82) is 0 Å². The van der Waals surface area contributed by atoms with Crippen LogP contribution in [0.25, 0.3) is 27.7 Å². The topological polar surface area (TPSA) is 90.3 Å². The molecule has 0 amide bonds. The van der Waals surface area contributed by atoms with E-state index in [4.69, 9.17) is 4.98 Å². The molecule has 0 atom stereocenters. The summed E-state index contributed by atoms with van der Waals surface area (Å²) in [4.78, 5) is 22.1. The fraction of sp³-hybridized carbons (Fsp3) is 0.400. The Balaban J connectivity index is 1.22. The number of pyridine rings is 2. The Kier molecular flexibility index (Phi) is 7.15. The minimum atomic E-state index is 0.540. The number of H-pyrrole nitrogens is 1. The summed E-state index contributed by atoms with van der Waals surface area (Å²) >= 11 is 0. The van der Waals surface area contributed by atoms with Gasteiger partial charge in [-0.05, 0) is 55.6 Å². The monoisotopic (exact) mass is 523 g/mol. The zero-order valence-electron chi connectivity index (χ0n) is 23.1. The first-order chi connectivity index (χ1) is 19.1. The van der Waals surface area contributed by atoms with E-state index in [1.54, 1.807) is 0 Å². The number of likely N-dealkylation sites (N-methyl/N-ethyl adjacent to an activating group) is 1. The van der Waals surface area contributed by atoms with Crippen LogP contribution in [0.5, 0.6) is 0 Å². The van der Waals surface area contributed by atoms with Crippen molar-refractivity contribution >= 4 is 34.0 Å². The average molecular weight is 524 g/mol. The Morgan fingerprint density at radius 3 is 2.54 bits per heavy atom. The number of nitrogens with zero attached hydrogens (tertiary/aromatic N) is 7. The van der Waals surface area contributed by atoms with E-state index < -0.39 is 0 Å². The predicted molar refractivity (Wildman–Crippen MR) is 158 cm³/mol. The molecule has 1 aliphatic heterocycles. The molecule has 1 saturated heterocycles. The van der Waals surface area contributed by atoms with E-state index in [1.165, 1.54) is 36.8 Å². The number of anilines is 3. The summed E-state index contributed by atoms with van der Waals surface area (Å²) in [5, 5.41) is 8.94. The maximum absolute atomic E-state index is 4.75. The quantitative estimate of drug-likeness (QED) is 0.251. The van der Waals surface area contributed by atoms with Crippen LogP contribution < -0.4 is 10.2 Å². The highest BCUT2D eigenvalue weighted by Gasteiger charge is 2.18. The second-order valence-corrected chi connectivity index (χ2v) is 10.6. The second-order valence-electron chi connectivity index (χ2n) is 10.6. The first-order valence-electron chi connectivity index (χ1n) is 14.1. The van der Waals surface area contributed by atoms with E-state index in [0.717, 1.165) is 59.8 Å². The van der Waals surface area contributed by atoms with Crippen LogP contribution in [0, 0.1) is 0 Å². The van der Waals surface area contributed by atoms with Crippen molar-refractivity contribution in [3.63, 3.8) is 0 Å². The molecule has 0 spiro atoms. The smallest absolute Gasteiger partial charge is 0.229 e. The number of nitrogens with one attached hydrogen (secondary N) is 2. The van der Waals surface area contributed by atoms with Gasteiger partial charge in [-0.1, -0.05) is 26.7 Å². The summed E-state index contributed by atoms with van der Waals surface area (Å²) in [7, 11) is 2.16. The van der Waals surface area contributed by atoms with Crippen LogP contribution in [-0.2, 0) is 0 Å². The Morgan fingerprint density at radius 1 is 0.974 bits per heavy atom. The lowest BCUT2D eigenvalue weighted by atomic mass is 9.91. The van der Waals surface area contributed by atoms with Crippen molar-refractivity contribution in [2.45, 2.75) is 45.4 Å². The van der Waals surface area contributed by atoms with Crippen LogP contribution in [-0.4, -0.2) is 67.7 Å². The van der Waals surface area contributed by atoms with Gasteiger partial charge in [0.2, 0.25) is 5.95 Å². The zero-order valence-corrected chi connectivity index (χ0v) is 23.1. The molecule has 9 nitrogen and oxygen atoms in total. The summed E-state index contributed by atoms with van der Waals surface area (Å²) in [5.41, 5.74) is 6.41. The first kappa shape index (κ1) is 25.3. The second kappa shape index (κ2) is 11.0. The van der Waals surface area contributed by atoms with Gasteiger partial charge in [0.05, 0.1) is 23.6 Å². The number of aromatic nitrogens is 6. The fourth-order valence-electron chi connectivity index (χ4n) is 5.65. The summed E-state index contributed by atoms with van der Waals surface area (Å²) in [6.45, 7) is 8.63. The van der Waals surface area contributed by atoms with Gasteiger partial charge < -0.3 is 20.1 Å². The standard InChI is InChI=1S/C30H37N9/c1-4-6-21(7-5-2)25-20-34-39-11-10-22(16-27(25)39)24-18-32-29-26(24)19-33-30(36-29)35-23-8-9-28(31-17-23)38-14-12-37(3)13-15-38/h8-11,16-21H,4-7,12-15H2,1-3H3,(H2,32,33,35,36). The highest BCUT2D eigenvalue weighted by atomic mass is 15.3. The molecule has 1 fully saturated rings. The molecule has 0 aliphatic carbocycles. The molecule has 2 N–H and O–H groups in total. The number of piperazine rings is 1.